The van der Waals surface area contributed by atoms with E-state index in [0.717, 1.165) is 33.8 Å². The highest BCUT2D eigenvalue weighted by Gasteiger charge is 2.04. The van der Waals surface area contributed by atoms with Crippen molar-refractivity contribution in [3.8, 4) is 33.8 Å². The van der Waals surface area contributed by atoms with Crippen LogP contribution in [0.4, 0.5) is 0 Å². The lowest BCUT2D eigenvalue weighted by Crippen LogP contribution is -2.05. The second-order valence-corrected chi connectivity index (χ2v) is 9.02. The molecule has 0 aromatic heterocycles. The standard InChI is InChI=1S/C34H34O6/c1-25(2)33(35)39-23-7-5-21-37-31-17-13-29(14-18-31)27-9-11-28(12-10-27)30-15-19-32(20-16-30)38-22-6-8-24-40-34(36)26(3)4/h5-6,9-22H,1,3,7-8,23-24H2,2,4H3. The van der Waals surface area contributed by atoms with E-state index in [4.69, 9.17) is 18.9 Å². The largest absolute Gasteiger partial charge is 0.465 e. The third kappa shape index (κ3) is 9.80. The first kappa shape index (κ1) is 29.7. The summed E-state index contributed by atoms with van der Waals surface area (Å²) in [6.45, 7) is 10.9. The Morgan fingerprint density at radius 3 is 1.18 bits per heavy atom. The van der Waals surface area contributed by atoms with Crippen LogP contribution < -0.4 is 9.47 Å². The van der Waals surface area contributed by atoms with Gasteiger partial charge in [0.2, 0.25) is 0 Å². The fourth-order valence-electron chi connectivity index (χ4n) is 3.38. The van der Waals surface area contributed by atoms with Crippen LogP contribution in [0.5, 0.6) is 11.5 Å². The lowest BCUT2D eigenvalue weighted by molar-refractivity contribution is -0.139. The first-order chi connectivity index (χ1) is 19.3. The van der Waals surface area contributed by atoms with Crippen molar-refractivity contribution in [2.45, 2.75) is 26.7 Å². The molecule has 0 atom stereocenters. The maximum absolute atomic E-state index is 11.3. The Hall–Kier alpha value is -4.84. The van der Waals surface area contributed by atoms with E-state index in [9.17, 15) is 9.59 Å². The van der Waals surface area contributed by atoms with Crippen LogP contribution in [0, 0.1) is 0 Å². The molecule has 0 spiro atoms. The van der Waals surface area contributed by atoms with Gasteiger partial charge in [0, 0.05) is 24.0 Å². The summed E-state index contributed by atoms with van der Waals surface area (Å²) in [6, 6.07) is 24.1. The van der Waals surface area contributed by atoms with Gasteiger partial charge in [0.05, 0.1) is 25.7 Å². The Kier molecular flexibility index (Phi) is 11.5. The molecule has 0 N–H and O–H groups in total. The lowest BCUT2D eigenvalue weighted by atomic mass is 10.0. The van der Waals surface area contributed by atoms with E-state index in [2.05, 4.69) is 37.4 Å². The summed E-state index contributed by atoms with van der Waals surface area (Å²) in [7, 11) is 0. The van der Waals surface area contributed by atoms with Crippen LogP contribution in [-0.2, 0) is 19.1 Å². The van der Waals surface area contributed by atoms with Crippen LogP contribution in [-0.4, -0.2) is 25.2 Å². The van der Waals surface area contributed by atoms with Crippen molar-refractivity contribution in [2.24, 2.45) is 0 Å². The number of carbonyl (C=O) groups is 2. The maximum atomic E-state index is 11.3. The lowest BCUT2D eigenvalue weighted by Gasteiger charge is -2.07. The molecule has 206 valence electrons. The second kappa shape index (κ2) is 15.5. The van der Waals surface area contributed by atoms with Gasteiger partial charge in [-0.2, -0.15) is 0 Å². The molecule has 40 heavy (non-hydrogen) atoms. The summed E-state index contributed by atoms with van der Waals surface area (Å²) in [5.74, 6) is 0.671. The number of ether oxygens (including phenoxy) is 4. The second-order valence-electron chi connectivity index (χ2n) is 9.02. The quantitative estimate of drug-likeness (QED) is 0.0902. The van der Waals surface area contributed by atoms with Gasteiger partial charge in [-0.25, -0.2) is 9.59 Å². The minimum absolute atomic E-state index is 0.285. The summed E-state index contributed by atoms with van der Waals surface area (Å²) >= 11 is 0. The molecule has 3 aromatic carbocycles. The van der Waals surface area contributed by atoms with E-state index < -0.39 is 0 Å². The fraction of sp³-hybridized carbons (Fsp3) is 0.176. The van der Waals surface area contributed by atoms with Gasteiger partial charge in [-0.3, -0.25) is 0 Å². The zero-order valence-corrected chi connectivity index (χ0v) is 22.9. The molecule has 0 radical (unpaired) electrons. The van der Waals surface area contributed by atoms with Crippen LogP contribution in [0.25, 0.3) is 22.3 Å². The van der Waals surface area contributed by atoms with Gasteiger partial charge in [-0.05, 0) is 72.5 Å². The molecule has 3 aromatic rings. The van der Waals surface area contributed by atoms with Crippen LogP contribution in [0.3, 0.4) is 0 Å². The van der Waals surface area contributed by atoms with Crippen LogP contribution in [0.1, 0.15) is 26.7 Å². The van der Waals surface area contributed by atoms with E-state index >= 15 is 0 Å². The Bertz CT molecular complexity index is 1240. The van der Waals surface area contributed by atoms with Crippen LogP contribution in [0.2, 0.25) is 0 Å². The molecule has 3 rings (SSSR count). The molecule has 0 fully saturated rings. The van der Waals surface area contributed by atoms with Crippen molar-refractivity contribution in [3.05, 3.63) is 122 Å². The van der Waals surface area contributed by atoms with Crippen LogP contribution in [0.15, 0.2) is 122 Å². The van der Waals surface area contributed by atoms with Crippen molar-refractivity contribution < 1.29 is 28.5 Å². The number of benzene rings is 3. The molecule has 0 aliphatic rings. The average Bonchev–Trinajstić information content (AvgIpc) is 2.97. The van der Waals surface area contributed by atoms with E-state index in [-0.39, 0.29) is 25.2 Å². The predicted octanol–water partition coefficient (Wildman–Crippen LogP) is 7.82. The zero-order chi connectivity index (χ0) is 28.7. The van der Waals surface area contributed by atoms with Gasteiger partial charge in [0.25, 0.3) is 0 Å². The van der Waals surface area contributed by atoms with Crippen molar-refractivity contribution >= 4 is 11.9 Å². The Morgan fingerprint density at radius 1 is 0.575 bits per heavy atom. The van der Waals surface area contributed by atoms with Crippen molar-refractivity contribution in [2.75, 3.05) is 13.2 Å². The summed E-state index contributed by atoms with van der Waals surface area (Å²) in [6.07, 6.45) is 7.92. The van der Waals surface area contributed by atoms with E-state index in [1.807, 2.05) is 48.5 Å². The Labute approximate surface area is 235 Å². The molecule has 6 nitrogen and oxygen atoms in total. The topological polar surface area (TPSA) is 71.1 Å². The molecule has 0 bridgehead atoms. The van der Waals surface area contributed by atoms with E-state index in [1.165, 1.54) is 0 Å². The molecule has 0 saturated carbocycles. The van der Waals surface area contributed by atoms with E-state index in [1.54, 1.807) is 38.5 Å². The molecule has 6 heteroatoms. The first-order valence-electron chi connectivity index (χ1n) is 12.9. The third-order valence-corrected chi connectivity index (χ3v) is 5.59. The molecular weight excluding hydrogens is 504 g/mol. The normalized spacial score (nSPS) is 10.8. The highest BCUT2D eigenvalue weighted by molar-refractivity contribution is 5.87. The maximum Gasteiger partial charge on any atom is 0.333 e. The van der Waals surface area contributed by atoms with Gasteiger partial charge in [0.15, 0.2) is 0 Å². The highest BCUT2D eigenvalue weighted by Crippen LogP contribution is 2.27. The van der Waals surface area contributed by atoms with Gasteiger partial charge in [-0.15, -0.1) is 0 Å². The fourth-order valence-corrected chi connectivity index (χ4v) is 3.38. The average molecular weight is 539 g/mol. The molecule has 0 unspecified atom stereocenters. The smallest absolute Gasteiger partial charge is 0.333 e. The number of carbonyl (C=O) groups excluding carboxylic acids is 2. The number of esters is 2. The van der Waals surface area contributed by atoms with Crippen molar-refractivity contribution in [3.63, 3.8) is 0 Å². The summed E-state index contributed by atoms with van der Waals surface area (Å²) < 4.78 is 21.3. The highest BCUT2D eigenvalue weighted by atomic mass is 16.5. The number of rotatable bonds is 14. The van der Waals surface area contributed by atoms with Gasteiger partial charge in [0.1, 0.15) is 11.5 Å². The first-order valence-corrected chi connectivity index (χ1v) is 12.9. The molecule has 0 amide bonds. The van der Waals surface area contributed by atoms with Crippen LogP contribution >= 0.6 is 0 Å². The van der Waals surface area contributed by atoms with Gasteiger partial charge in [-0.1, -0.05) is 61.7 Å². The predicted molar refractivity (Wildman–Crippen MR) is 158 cm³/mol. The third-order valence-electron chi connectivity index (χ3n) is 5.59. The number of hydrogen-bond donors (Lipinski definition) is 0. The molecular formula is C34H34O6. The Balaban J connectivity index is 1.45. The summed E-state index contributed by atoms with van der Waals surface area (Å²) in [5, 5.41) is 0. The summed E-state index contributed by atoms with van der Waals surface area (Å²) in [5.41, 5.74) is 5.14. The van der Waals surface area contributed by atoms with Gasteiger partial charge < -0.3 is 18.9 Å². The molecule has 0 heterocycles. The minimum Gasteiger partial charge on any atom is -0.465 e. The molecule has 0 saturated heterocycles. The Morgan fingerprint density at radius 2 is 0.875 bits per heavy atom. The van der Waals surface area contributed by atoms with E-state index in [0.29, 0.717) is 24.0 Å². The summed E-state index contributed by atoms with van der Waals surface area (Å²) in [4.78, 5) is 22.7. The monoisotopic (exact) mass is 538 g/mol. The SMILES string of the molecule is C=C(C)C(=O)OCCC=COc1ccc(-c2ccc(-c3ccc(OC=CCCOC(=O)C(=C)C)cc3)cc2)cc1. The zero-order valence-electron chi connectivity index (χ0n) is 22.9. The van der Waals surface area contributed by atoms with Gasteiger partial charge >= 0.3 is 11.9 Å². The molecule has 0 aliphatic heterocycles. The van der Waals surface area contributed by atoms with Crippen molar-refractivity contribution in [1.82, 2.24) is 0 Å². The van der Waals surface area contributed by atoms with Crippen molar-refractivity contribution in [1.29, 1.82) is 0 Å². The minimum atomic E-state index is -0.386. The molecule has 0 aliphatic carbocycles. The number of hydrogen-bond acceptors (Lipinski definition) is 6.